The Labute approximate surface area is 156 Å². The van der Waals surface area contributed by atoms with Gasteiger partial charge in [0.1, 0.15) is 0 Å². The van der Waals surface area contributed by atoms with Crippen LogP contribution in [0.5, 0.6) is 0 Å². The number of benzene rings is 3. The van der Waals surface area contributed by atoms with Gasteiger partial charge in [-0.05, 0) is 34.6 Å². The van der Waals surface area contributed by atoms with E-state index in [1.54, 1.807) is 0 Å². The molecule has 0 spiro atoms. The summed E-state index contributed by atoms with van der Waals surface area (Å²) >= 11 is 13.7. The van der Waals surface area contributed by atoms with E-state index in [1.165, 1.54) is 31.9 Å². The molecule has 122 valence electrons. The molecule has 4 heteroatoms. The van der Waals surface area contributed by atoms with Gasteiger partial charge in [-0.15, -0.1) is 0 Å². The van der Waals surface area contributed by atoms with Gasteiger partial charge in [0, 0.05) is 0 Å². The molecule has 3 aromatic rings. The molecule has 0 saturated heterocycles. The fourth-order valence-corrected chi connectivity index (χ4v) is 8.61. The minimum Gasteiger partial charge on any atom is -0.159 e. The smallest absolute Gasteiger partial charge is 0.159 e. The lowest BCUT2D eigenvalue weighted by Crippen LogP contribution is -2.42. The van der Waals surface area contributed by atoms with E-state index in [9.17, 15) is 0 Å². The van der Waals surface area contributed by atoms with Crippen LogP contribution in [0.15, 0.2) is 72.8 Å². The van der Waals surface area contributed by atoms with E-state index in [4.69, 9.17) is 22.2 Å². The van der Waals surface area contributed by atoms with Crippen molar-refractivity contribution >= 4 is 59.1 Å². The first kappa shape index (κ1) is 17.5. The molecule has 0 aromatic heterocycles. The lowest BCUT2D eigenvalue weighted by atomic mass is 10.2. The fraction of sp³-hybridized carbons (Fsp3) is 0.100. The predicted octanol–water partition coefficient (Wildman–Crippen LogP) is 2.46. The largest absolute Gasteiger partial charge is 0.202 e. The van der Waals surface area contributed by atoms with Crippen molar-refractivity contribution in [1.82, 2.24) is 0 Å². The zero-order chi connectivity index (χ0) is 17.1. The molecular formula is C20H20Cl2Si2. The van der Waals surface area contributed by atoms with Crippen molar-refractivity contribution in [3.63, 3.8) is 0 Å². The monoisotopic (exact) mass is 386 g/mol. The summed E-state index contributed by atoms with van der Waals surface area (Å²) < 4.78 is 0. The first-order valence-corrected chi connectivity index (χ1v) is 13.9. The highest BCUT2D eigenvalue weighted by molar-refractivity contribution is 7.22. The highest BCUT2D eigenvalue weighted by atomic mass is 35.6. The van der Waals surface area contributed by atoms with E-state index >= 15 is 0 Å². The number of hydrogen-bond donors (Lipinski definition) is 0. The van der Waals surface area contributed by atoms with Crippen LogP contribution in [0.2, 0.25) is 0 Å². The van der Waals surface area contributed by atoms with Crippen molar-refractivity contribution < 1.29 is 0 Å². The lowest BCUT2D eigenvalue weighted by molar-refractivity contribution is 1.51. The maximum absolute atomic E-state index is 6.83. The number of aryl methyl sites for hydroxylation is 2. The highest BCUT2D eigenvalue weighted by Gasteiger charge is 2.18. The standard InChI is InChI=1S/C20H20Cl2Si2/c1-15-7-3-5-9-19(15)23(21)17-11-13-18(14-12-17)24(22)20-10-6-4-8-16(20)2/h3-14,23-24H,1-2H3. The summed E-state index contributed by atoms with van der Waals surface area (Å²) in [4.78, 5) is 0. The van der Waals surface area contributed by atoms with Gasteiger partial charge in [-0.1, -0.05) is 83.9 Å². The second-order valence-electron chi connectivity index (χ2n) is 6.10. The van der Waals surface area contributed by atoms with Crippen LogP contribution in [-0.2, 0) is 0 Å². The predicted molar refractivity (Wildman–Crippen MR) is 113 cm³/mol. The van der Waals surface area contributed by atoms with Crippen molar-refractivity contribution in [2.45, 2.75) is 13.8 Å². The molecule has 0 aliphatic carbocycles. The first-order valence-electron chi connectivity index (χ1n) is 8.07. The molecular weight excluding hydrogens is 367 g/mol. The Hall–Kier alpha value is -1.33. The van der Waals surface area contributed by atoms with Gasteiger partial charge in [-0.25, -0.2) is 0 Å². The Morgan fingerprint density at radius 1 is 0.542 bits per heavy atom. The van der Waals surface area contributed by atoms with Gasteiger partial charge >= 0.3 is 0 Å². The van der Waals surface area contributed by atoms with Gasteiger partial charge in [0.15, 0.2) is 0 Å². The van der Waals surface area contributed by atoms with Crippen LogP contribution in [0.1, 0.15) is 11.1 Å². The Morgan fingerprint density at radius 3 is 1.21 bits per heavy atom. The van der Waals surface area contributed by atoms with Crippen LogP contribution in [0.25, 0.3) is 0 Å². The van der Waals surface area contributed by atoms with E-state index in [-0.39, 0.29) is 0 Å². The molecule has 24 heavy (non-hydrogen) atoms. The average molecular weight is 387 g/mol. The van der Waals surface area contributed by atoms with Crippen LogP contribution in [-0.4, -0.2) is 16.2 Å². The zero-order valence-corrected chi connectivity index (χ0v) is 17.7. The second kappa shape index (κ2) is 7.70. The molecule has 0 radical (unpaired) electrons. The van der Waals surface area contributed by atoms with Crippen LogP contribution in [0.4, 0.5) is 0 Å². The van der Waals surface area contributed by atoms with Crippen molar-refractivity contribution in [3.05, 3.63) is 83.9 Å². The molecule has 0 heterocycles. The van der Waals surface area contributed by atoms with E-state index < -0.39 is 16.2 Å². The Kier molecular flexibility index (Phi) is 5.62. The van der Waals surface area contributed by atoms with Crippen LogP contribution in [0.3, 0.4) is 0 Å². The van der Waals surface area contributed by atoms with Gasteiger partial charge < -0.3 is 0 Å². The molecule has 0 fully saturated rings. The summed E-state index contributed by atoms with van der Waals surface area (Å²) in [5.41, 5.74) is 2.55. The molecule has 0 amide bonds. The topological polar surface area (TPSA) is 0 Å². The van der Waals surface area contributed by atoms with Gasteiger partial charge in [0.05, 0.1) is 0 Å². The van der Waals surface area contributed by atoms with E-state index in [0.717, 1.165) is 0 Å². The summed E-state index contributed by atoms with van der Waals surface area (Å²) in [5, 5.41) is 5.09. The minimum absolute atomic E-state index is 1.25. The van der Waals surface area contributed by atoms with Crippen LogP contribution < -0.4 is 20.7 Å². The Balaban J connectivity index is 1.86. The zero-order valence-electron chi connectivity index (χ0n) is 13.8. The molecule has 0 N–H and O–H groups in total. The number of hydrogen-bond acceptors (Lipinski definition) is 0. The highest BCUT2D eigenvalue weighted by Crippen LogP contribution is 2.03. The molecule has 2 unspecified atom stereocenters. The summed E-state index contributed by atoms with van der Waals surface area (Å²) in [6, 6.07) is 25.5. The van der Waals surface area contributed by atoms with Crippen LogP contribution in [0, 0.1) is 13.8 Å². The summed E-state index contributed by atoms with van der Waals surface area (Å²) in [6.07, 6.45) is 0. The summed E-state index contributed by atoms with van der Waals surface area (Å²) in [5.74, 6) is 0. The molecule has 0 aliphatic rings. The van der Waals surface area contributed by atoms with Crippen molar-refractivity contribution in [2.24, 2.45) is 0 Å². The lowest BCUT2D eigenvalue weighted by Gasteiger charge is -2.14. The maximum Gasteiger partial charge on any atom is 0.202 e. The van der Waals surface area contributed by atoms with E-state index in [0.29, 0.717) is 0 Å². The normalized spacial score (nSPS) is 13.5. The third-order valence-corrected chi connectivity index (χ3v) is 11.7. The molecule has 0 saturated carbocycles. The number of halogens is 2. The quantitative estimate of drug-likeness (QED) is 0.477. The van der Waals surface area contributed by atoms with Crippen LogP contribution >= 0.6 is 22.2 Å². The van der Waals surface area contributed by atoms with Gasteiger partial charge in [0.2, 0.25) is 16.2 Å². The van der Waals surface area contributed by atoms with Gasteiger partial charge in [-0.3, -0.25) is 0 Å². The van der Waals surface area contributed by atoms with Crippen molar-refractivity contribution in [2.75, 3.05) is 0 Å². The number of rotatable bonds is 4. The minimum atomic E-state index is -1.65. The molecule has 0 aliphatic heterocycles. The maximum atomic E-state index is 6.83. The summed E-state index contributed by atoms with van der Waals surface area (Å²) in [6.45, 7) is 4.26. The third kappa shape index (κ3) is 3.67. The molecule has 3 rings (SSSR count). The molecule has 0 bridgehead atoms. The fourth-order valence-electron chi connectivity index (χ4n) is 2.94. The first-order chi connectivity index (χ1) is 11.6. The summed E-state index contributed by atoms with van der Waals surface area (Å²) in [7, 11) is -3.30. The molecule has 0 nitrogen and oxygen atoms in total. The molecule has 2 atom stereocenters. The Morgan fingerprint density at radius 2 is 0.875 bits per heavy atom. The average Bonchev–Trinajstić information content (AvgIpc) is 2.61. The second-order valence-corrected chi connectivity index (χ2v) is 12.8. The Bertz CT molecular complexity index is 761. The third-order valence-electron chi connectivity index (χ3n) is 4.44. The van der Waals surface area contributed by atoms with Crippen molar-refractivity contribution in [1.29, 1.82) is 0 Å². The van der Waals surface area contributed by atoms with E-state index in [1.807, 2.05) is 0 Å². The SMILES string of the molecule is Cc1ccccc1[SiH](Cl)c1ccc([SiH](Cl)c2ccccc2C)cc1. The van der Waals surface area contributed by atoms with Gasteiger partial charge in [0.25, 0.3) is 0 Å². The van der Waals surface area contributed by atoms with E-state index in [2.05, 4.69) is 86.6 Å². The molecule has 3 aromatic carbocycles. The van der Waals surface area contributed by atoms with Gasteiger partial charge in [-0.2, -0.15) is 22.2 Å². The van der Waals surface area contributed by atoms with Crippen molar-refractivity contribution in [3.8, 4) is 0 Å².